The van der Waals surface area contributed by atoms with Crippen molar-refractivity contribution in [2.45, 2.75) is 25.7 Å². The zero-order valence-corrected chi connectivity index (χ0v) is 25.3. The Labute approximate surface area is 264 Å². The summed E-state index contributed by atoms with van der Waals surface area (Å²) in [5, 5.41) is 9.09. The first kappa shape index (κ1) is 24.6. The highest BCUT2D eigenvalue weighted by molar-refractivity contribution is 6.15. The Kier molecular flexibility index (Phi) is 4.76. The second kappa shape index (κ2) is 8.92. The van der Waals surface area contributed by atoms with Crippen LogP contribution in [0.4, 0.5) is 0 Å². The van der Waals surface area contributed by atoms with E-state index in [-0.39, 0.29) is 0 Å². The van der Waals surface area contributed by atoms with Gasteiger partial charge in [-0.1, -0.05) is 54.6 Å². The molecule has 0 spiro atoms. The standard InChI is InChI=1S/C42H30N4/c1-5-13-35-27(9-1)31-21-25(17-19-37(31)43-35)45-39-15-7-3-11-29(39)33-23-34-30-12-4-8-16-40(30)46(42(34)24-41(33)45)26-18-20-38-32(22-26)28-10-2-6-14-36(28)44-38/h1-3,5-7,9-11,13-15,17-24,43-44H,4,8,12,16H2. The van der Waals surface area contributed by atoms with Crippen molar-refractivity contribution < 1.29 is 0 Å². The maximum Gasteiger partial charge on any atom is 0.0562 e. The molecule has 11 rings (SSSR count). The Hall–Kier alpha value is -5.74. The van der Waals surface area contributed by atoms with E-state index in [9.17, 15) is 0 Å². The van der Waals surface area contributed by atoms with Gasteiger partial charge < -0.3 is 19.1 Å². The van der Waals surface area contributed by atoms with E-state index in [1.165, 1.54) is 112 Å². The van der Waals surface area contributed by atoms with Gasteiger partial charge in [0.1, 0.15) is 0 Å². The molecule has 0 fully saturated rings. The van der Waals surface area contributed by atoms with E-state index in [2.05, 4.69) is 140 Å². The molecule has 4 heteroatoms. The number of hydrogen-bond donors (Lipinski definition) is 2. The largest absolute Gasteiger partial charge is 0.355 e. The maximum absolute atomic E-state index is 3.62. The first-order valence-corrected chi connectivity index (χ1v) is 16.4. The second-order valence-corrected chi connectivity index (χ2v) is 13.0. The van der Waals surface area contributed by atoms with Crippen molar-refractivity contribution in [3.63, 3.8) is 0 Å². The Morgan fingerprint density at radius 3 is 1.67 bits per heavy atom. The number of benzene rings is 6. The lowest BCUT2D eigenvalue weighted by molar-refractivity contribution is 0.667. The molecule has 218 valence electrons. The molecule has 1 aliphatic rings. The zero-order chi connectivity index (χ0) is 29.9. The highest BCUT2D eigenvalue weighted by atomic mass is 15.0. The summed E-state index contributed by atoms with van der Waals surface area (Å²) in [7, 11) is 0. The summed E-state index contributed by atoms with van der Waals surface area (Å²) in [6.07, 6.45) is 4.73. The highest BCUT2D eigenvalue weighted by Crippen LogP contribution is 2.42. The average Bonchev–Trinajstić information content (AvgIpc) is 3.84. The number of para-hydroxylation sites is 3. The summed E-state index contributed by atoms with van der Waals surface area (Å²) in [6.45, 7) is 0. The van der Waals surface area contributed by atoms with E-state index in [4.69, 9.17) is 0 Å². The van der Waals surface area contributed by atoms with Crippen LogP contribution >= 0.6 is 0 Å². The molecule has 46 heavy (non-hydrogen) atoms. The van der Waals surface area contributed by atoms with Crippen LogP contribution in [0.25, 0.3) is 87.7 Å². The first-order valence-electron chi connectivity index (χ1n) is 16.4. The Morgan fingerprint density at radius 2 is 0.957 bits per heavy atom. The number of rotatable bonds is 2. The third-order valence-electron chi connectivity index (χ3n) is 10.6. The van der Waals surface area contributed by atoms with Crippen LogP contribution in [0.2, 0.25) is 0 Å². The van der Waals surface area contributed by atoms with Gasteiger partial charge in [-0.2, -0.15) is 0 Å². The van der Waals surface area contributed by atoms with Crippen molar-refractivity contribution >= 4 is 76.3 Å². The predicted octanol–water partition coefficient (Wildman–Crippen LogP) is 10.9. The van der Waals surface area contributed by atoms with Gasteiger partial charge in [0.25, 0.3) is 0 Å². The molecule has 0 saturated heterocycles. The molecule has 0 aliphatic heterocycles. The minimum atomic E-state index is 1.11. The molecule has 0 radical (unpaired) electrons. The topological polar surface area (TPSA) is 41.4 Å². The van der Waals surface area contributed by atoms with Gasteiger partial charge in [-0.05, 0) is 98.0 Å². The minimum absolute atomic E-state index is 1.11. The lowest BCUT2D eigenvalue weighted by atomic mass is 9.95. The SMILES string of the molecule is c1ccc2c(c1)[nH]c1ccc(-n3c4c(c5cc6c7ccccc7n(-c7ccc8[nH]c9ccccc9c8c7)c6cc53)CCCC4)cc12. The van der Waals surface area contributed by atoms with Crippen molar-refractivity contribution in [2.75, 3.05) is 0 Å². The summed E-state index contributed by atoms with van der Waals surface area (Å²) in [5.41, 5.74) is 13.9. The predicted molar refractivity (Wildman–Crippen MR) is 193 cm³/mol. The summed E-state index contributed by atoms with van der Waals surface area (Å²) in [5.74, 6) is 0. The number of nitrogens with one attached hydrogen (secondary N) is 2. The first-order chi connectivity index (χ1) is 22.8. The van der Waals surface area contributed by atoms with Gasteiger partial charge in [-0.3, -0.25) is 0 Å². The monoisotopic (exact) mass is 590 g/mol. The summed E-state index contributed by atoms with van der Waals surface area (Å²) >= 11 is 0. The van der Waals surface area contributed by atoms with Gasteiger partial charge in [0, 0.05) is 76.8 Å². The van der Waals surface area contributed by atoms with Crippen molar-refractivity contribution in [3.05, 3.63) is 133 Å². The molecular weight excluding hydrogens is 560 g/mol. The second-order valence-electron chi connectivity index (χ2n) is 13.0. The molecule has 0 atom stereocenters. The van der Waals surface area contributed by atoms with Crippen LogP contribution < -0.4 is 0 Å². The van der Waals surface area contributed by atoms with Gasteiger partial charge in [-0.15, -0.1) is 0 Å². The fraction of sp³-hybridized carbons (Fsp3) is 0.0952. The van der Waals surface area contributed by atoms with Gasteiger partial charge in [-0.25, -0.2) is 0 Å². The summed E-state index contributed by atoms with van der Waals surface area (Å²) in [4.78, 5) is 7.23. The van der Waals surface area contributed by atoms with Gasteiger partial charge in [0.05, 0.1) is 16.6 Å². The van der Waals surface area contributed by atoms with Crippen molar-refractivity contribution in [2.24, 2.45) is 0 Å². The Morgan fingerprint density at radius 1 is 0.391 bits per heavy atom. The number of aryl methyl sites for hydroxylation is 1. The third-order valence-corrected chi connectivity index (χ3v) is 10.6. The lowest BCUT2D eigenvalue weighted by Crippen LogP contribution is -2.06. The molecule has 10 aromatic rings. The van der Waals surface area contributed by atoms with E-state index in [1.54, 1.807) is 0 Å². The van der Waals surface area contributed by atoms with Crippen LogP contribution in [0.1, 0.15) is 24.1 Å². The number of aromatic nitrogens is 4. The molecule has 0 amide bonds. The number of aromatic amines is 2. The van der Waals surface area contributed by atoms with Crippen molar-refractivity contribution in [3.8, 4) is 11.4 Å². The molecule has 0 bridgehead atoms. The normalized spacial score (nSPS) is 13.7. The smallest absolute Gasteiger partial charge is 0.0562 e. The molecule has 4 heterocycles. The number of H-pyrrole nitrogens is 2. The molecule has 2 N–H and O–H groups in total. The molecule has 0 unspecified atom stereocenters. The maximum atomic E-state index is 3.62. The van der Waals surface area contributed by atoms with Crippen LogP contribution in [0.3, 0.4) is 0 Å². The minimum Gasteiger partial charge on any atom is -0.355 e. The van der Waals surface area contributed by atoms with Gasteiger partial charge in [0.2, 0.25) is 0 Å². The van der Waals surface area contributed by atoms with E-state index in [1.807, 2.05) is 0 Å². The van der Waals surface area contributed by atoms with Crippen LogP contribution in [-0.4, -0.2) is 19.1 Å². The highest BCUT2D eigenvalue weighted by Gasteiger charge is 2.24. The fourth-order valence-electron chi connectivity index (χ4n) is 8.53. The van der Waals surface area contributed by atoms with Crippen LogP contribution in [0, 0.1) is 0 Å². The lowest BCUT2D eigenvalue weighted by Gasteiger charge is -2.16. The van der Waals surface area contributed by atoms with E-state index >= 15 is 0 Å². The summed E-state index contributed by atoms with van der Waals surface area (Å²) in [6, 6.07) is 45.0. The quantitative estimate of drug-likeness (QED) is 0.201. The van der Waals surface area contributed by atoms with Crippen molar-refractivity contribution in [1.82, 2.24) is 19.1 Å². The number of nitrogens with zero attached hydrogens (tertiary/aromatic N) is 2. The third kappa shape index (κ3) is 3.23. The molecular formula is C42H30N4. The van der Waals surface area contributed by atoms with E-state index in [0.717, 1.165) is 12.8 Å². The fourth-order valence-corrected chi connectivity index (χ4v) is 8.53. The summed E-state index contributed by atoms with van der Waals surface area (Å²) < 4.78 is 5.06. The molecule has 4 aromatic heterocycles. The van der Waals surface area contributed by atoms with Crippen molar-refractivity contribution in [1.29, 1.82) is 0 Å². The number of fused-ring (bicyclic) bond motifs is 12. The molecule has 6 aromatic carbocycles. The van der Waals surface area contributed by atoms with Crippen LogP contribution in [-0.2, 0) is 12.8 Å². The van der Waals surface area contributed by atoms with E-state index in [0.29, 0.717) is 0 Å². The Balaban J connectivity index is 1.24. The number of hydrogen-bond acceptors (Lipinski definition) is 0. The van der Waals surface area contributed by atoms with Crippen LogP contribution in [0.15, 0.2) is 121 Å². The molecule has 0 saturated carbocycles. The van der Waals surface area contributed by atoms with E-state index < -0.39 is 0 Å². The molecule has 1 aliphatic carbocycles. The van der Waals surface area contributed by atoms with Gasteiger partial charge in [0.15, 0.2) is 0 Å². The average molecular weight is 591 g/mol. The van der Waals surface area contributed by atoms with Gasteiger partial charge >= 0.3 is 0 Å². The zero-order valence-electron chi connectivity index (χ0n) is 25.3. The Bertz CT molecular complexity index is 2870. The molecule has 4 nitrogen and oxygen atoms in total. The van der Waals surface area contributed by atoms with Crippen LogP contribution in [0.5, 0.6) is 0 Å².